The Morgan fingerprint density at radius 3 is 2.29 bits per heavy atom. The zero-order valence-corrected chi connectivity index (χ0v) is 12.9. The Morgan fingerprint density at radius 1 is 1.19 bits per heavy atom. The molecule has 0 amide bonds. The third kappa shape index (κ3) is 3.25. The highest BCUT2D eigenvalue weighted by atomic mass is 32.2. The minimum atomic E-state index is -3.70. The van der Waals surface area contributed by atoms with Crippen LogP contribution in [0.5, 0.6) is 5.88 Å². The molecule has 0 saturated heterocycles. The lowest BCUT2D eigenvalue weighted by Gasteiger charge is -2.13. The number of ether oxygens (including phenoxy) is 1. The molecule has 21 heavy (non-hydrogen) atoms. The van der Waals surface area contributed by atoms with E-state index in [1.807, 2.05) is 0 Å². The fourth-order valence-electron chi connectivity index (χ4n) is 2.18. The molecule has 0 unspecified atom stereocenters. The van der Waals surface area contributed by atoms with Gasteiger partial charge in [-0.05, 0) is 43.2 Å². The standard InChI is InChI=1S/C14H17N3O3S/c1-9-6-11(15)7-10(2)14(9)21(18,19)17-12-4-5-13(20-3)16-8-12/h4-8,17H,15H2,1-3H3. The van der Waals surface area contributed by atoms with Crippen LogP contribution in [0.3, 0.4) is 0 Å². The Kier molecular flexibility index (Phi) is 4.04. The quantitative estimate of drug-likeness (QED) is 0.843. The molecule has 0 bridgehead atoms. The number of benzene rings is 1. The van der Waals surface area contributed by atoms with E-state index in [-0.39, 0.29) is 4.90 Å². The summed E-state index contributed by atoms with van der Waals surface area (Å²) in [4.78, 5) is 4.19. The summed E-state index contributed by atoms with van der Waals surface area (Å²) >= 11 is 0. The van der Waals surface area contributed by atoms with E-state index in [4.69, 9.17) is 10.5 Å². The Balaban J connectivity index is 2.38. The summed E-state index contributed by atoms with van der Waals surface area (Å²) in [7, 11) is -2.20. The van der Waals surface area contributed by atoms with Crippen LogP contribution in [0.1, 0.15) is 11.1 Å². The van der Waals surface area contributed by atoms with Crippen LogP contribution in [-0.2, 0) is 10.0 Å². The molecule has 0 spiro atoms. The average Bonchev–Trinajstić information content (AvgIpc) is 2.37. The van der Waals surface area contributed by atoms with Crippen molar-refractivity contribution in [3.05, 3.63) is 41.6 Å². The summed E-state index contributed by atoms with van der Waals surface area (Å²) in [5, 5.41) is 0. The zero-order valence-electron chi connectivity index (χ0n) is 12.0. The summed E-state index contributed by atoms with van der Waals surface area (Å²) in [6, 6.07) is 6.44. The van der Waals surface area contributed by atoms with Gasteiger partial charge in [0.05, 0.1) is 23.9 Å². The summed E-state index contributed by atoms with van der Waals surface area (Å²) < 4.78 is 32.4. The molecule has 112 valence electrons. The first-order valence-corrected chi connectivity index (χ1v) is 7.71. The largest absolute Gasteiger partial charge is 0.481 e. The van der Waals surface area contributed by atoms with Crippen LogP contribution >= 0.6 is 0 Å². The third-order valence-corrected chi connectivity index (χ3v) is 4.63. The second-order valence-corrected chi connectivity index (χ2v) is 6.30. The van der Waals surface area contributed by atoms with E-state index in [1.54, 1.807) is 38.1 Å². The van der Waals surface area contributed by atoms with Crippen molar-refractivity contribution in [3.63, 3.8) is 0 Å². The SMILES string of the molecule is COc1ccc(NS(=O)(=O)c2c(C)cc(N)cc2C)cn1. The van der Waals surface area contributed by atoms with Gasteiger partial charge in [0.25, 0.3) is 10.0 Å². The molecule has 1 aromatic carbocycles. The van der Waals surface area contributed by atoms with Gasteiger partial charge in [-0.3, -0.25) is 4.72 Å². The summed E-state index contributed by atoms with van der Waals surface area (Å²) in [6.07, 6.45) is 1.40. The highest BCUT2D eigenvalue weighted by molar-refractivity contribution is 7.92. The predicted molar refractivity (Wildman–Crippen MR) is 81.9 cm³/mol. The van der Waals surface area contributed by atoms with E-state index in [1.165, 1.54) is 13.3 Å². The average molecular weight is 307 g/mol. The Bertz CT molecular complexity index is 733. The smallest absolute Gasteiger partial charge is 0.262 e. The van der Waals surface area contributed by atoms with Crippen molar-refractivity contribution in [2.75, 3.05) is 17.6 Å². The molecule has 6 nitrogen and oxygen atoms in total. The minimum absolute atomic E-state index is 0.229. The number of aryl methyl sites for hydroxylation is 2. The molecule has 0 aliphatic rings. The van der Waals surface area contributed by atoms with E-state index in [9.17, 15) is 8.42 Å². The lowest BCUT2D eigenvalue weighted by Crippen LogP contribution is -2.16. The van der Waals surface area contributed by atoms with Crippen molar-refractivity contribution < 1.29 is 13.2 Å². The monoisotopic (exact) mass is 307 g/mol. The van der Waals surface area contributed by atoms with Gasteiger partial charge in [0, 0.05) is 11.8 Å². The minimum Gasteiger partial charge on any atom is -0.481 e. The Morgan fingerprint density at radius 2 is 1.81 bits per heavy atom. The van der Waals surface area contributed by atoms with Gasteiger partial charge in [-0.25, -0.2) is 13.4 Å². The van der Waals surface area contributed by atoms with E-state index in [2.05, 4.69) is 9.71 Å². The highest BCUT2D eigenvalue weighted by Crippen LogP contribution is 2.25. The zero-order chi connectivity index (χ0) is 15.6. The maximum atomic E-state index is 12.5. The van der Waals surface area contributed by atoms with E-state index < -0.39 is 10.0 Å². The van der Waals surface area contributed by atoms with Gasteiger partial charge in [-0.15, -0.1) is 0 Å². The number of sulfonamides is 1. The number of aromatic nitrogens is 1. The number of nitrogens with one attached hydrogen (secondary N) is 1. The first-order valence-electron chi connectivity index (χ1n) is 6.23. The van der Waals surface area contributed by atoms with Gasteiger partial charge in [0.1, 0.15) is 0 Å². The molecule has 2 rings (SSSR count). The lowest BCUT2D eigenvalue weighted by molar-refractivity contribution is 0.398. The van der Waals surface area contributed by atoms with Crippen molar-refractivity contribution >= 4 is 21.4 Å². The maximum Gasteiger partial charge on any atom is 0.262 e. The molecular weight excluding hydrogens is 290 g/mol. The van der Waals surface area contributed by atoms with Crippen molar-refractivity contribution in [1.29, 1.82) is 0 Å². The van der Waals surface area contributed by atoms with Gasteiger partial charge in [0.15, 0.2) is 0 Å². The number of methoxy groups -OCH3 is 1. The second-order valence-electron chi connectivity index (χ2n) is 4.68. The molecule has 2 aromatic rings. The van der Waals surface area contributed by atoms with Crippen LogP contribution in [0, 0.1) is 13.8 Å². The van der Waals surface area contributed by atoms with Crippen LogP contribution in [0.4, 0.5) is 11.4 Å². The van der Waals surface area contributed by atoms with Crippen molar-refractivity contribution in [2.24, 2.45) is 0 Å². The maximum absolute atomic E-state index is 12.5. The first kappa shape index (κ1) is 15.1. The number of anilines is 2. The lowest BCUT2D eigenvalue weighted by atomic mass is 10.1. The molecular formula is C14H17N3O3S. The Labute approximate surface area is 124 Å². The van der Waals surface area contributed by atoms with Crippen LogP contribution in [0.2, 0.25) is 0 Å². The highest BCUT2D eigenvalue weighted by Gasteiger charge is 2.20. The molecule has 0 saturated carbocycles. The molecule has 0 aliphatic carbocycles. The summed E-state index contributed by atoms with van der Waals surface area (Å²) in [5.74, 6) is 0.415. The number of hydrogen-bond acceptors (Lipinski definition) is 5. The van der Waals surface area contributed by atoms with Crippen molar-refractivity contribution in [1.82, 2.24) is 4.98 Å². The van der Waals surface area contributed by atoms with Gasteiger partial charge >= 0.3 is 0 Å². The predicted octanol–water partition coefficient (Wildman–Crippen LogP) is 2.09. The Hall–Kier alpha value is -2.28. The van der Waals surface area contributed by atoms with E-state index in [0.29, 0.717) is 28.4 Å². The number of pyridine rings is 1. The van der Waals surface area contributed by atoms with Crippen molar-refractivity contribution in [2.45, 2.75) is 18.7 Å². The molecule has 0 aliphatic heterocycles. The third-order valence-electron chi connectivity index (χ3n) is 2.95. The van der Waals surface area contributed by atoms with Crippen molar-refractivity contribution in [3.8, 4) is 5.88 Å². The number of nitrogens with two attached hydrogens (primary N) is 1. The van der Waals surface area contributed by atoms with E-state index >= 15 is 0 Å². The van der Waals surface area contributed by atoms with E-state index in [0.717, 1.165) is 0 Å². The summed E-state index contributed by atoms with van der Waals surface area (Å²) in [5.41, 5.74) is 7.82. The topological polar surface area (TPSA) is 94.3 Å². The van der Waals surface area contributed by atoms with Gasteiger partial charge in [0.2, 0.25) is 5.88 Å². The van der Waals surface area contributed by atoms with Gasteiger partial charge in [-0.2, -0.15) is 0 Å². The second kappa shape index (κ2) is 5.61. The number of nitrogen functional groups attached to an aromatic ring is 1. The van der Waals surface area contributed by atoms with Gasteiger partial charge < -0.3 is 10.5 Å². The van der Waals surface area contributed by atoms with Crippen LogP contribution < -0.4 is 15.2 Å². The van der Waals surface area contributed by atoms with Crippen LogP contribution in [0.15, 0.2) is 35.4 Å². The summed E-state index contributed by atoms with van der Waals surface area (Å²) in [6.45, 7) is 3.42. The number of nitrogens with zero attached hydrogens (tertiary/aromatic N) is 1. The fraction of sp³-hybridized carbons (Fsp3) is 0.214. The number of hydrogen-bond donors (Lipinski definition) is 2. The normalized spacial score (nSPS) is 11.2. The molecule has 0 fully saturated rings. The van der Waals surface area contributed by atoms with Crippen LogP contribution in [-0.4, -0.2) is 20.5 Å². The molecule has 1 heterocycles. The molecule has 7 heteroatoms. The molecule has 0 atom stereocenters. The first-order chi connectivity index (χ1) is 9.83. The number of rotatable bonds is 4. The molecule has 0 radical (unpaired) electrons. The van der Waals surface area contributed by atoms with Gasteiger partial charge in [-0.1, -0.05) is 0 Å². The fourth-order valence-corrected chi connectivity index (χ4v) is 3.67. The molecule has 3 N–H and O–H groups in total. The van der Waals surface area contributed by atoms with Crippen LogP contribution in [0.25, 0.3) is 0 Å². The molecule has 1 aromatic heterocycles.